The van der Waals surface area contributed by atoms with Gasteiger partial charge in [-0.25, -0.2) is 23.4 Å². The van der Waals surface area contributed by atoms with Gasteiger partial charge in [-0.3, -0.25) is 0 Å². The first kappa shape index (κ1) is 37.5. The van der Waals surface area contributed by atoms with Crippen LogP contribution in [0.25, 0.3) is 112 Å². The minimum Gasteiger partial charge on any atom is -0.456 e. The monoisotopic (exact) mass is 841 g/mol. The van der Waals surface area contributed by atoms with Gasteiger partial charge in [0, 0.05) is 38.6 Å². The first-order valence-electron chi connectivity index (χ1n) is 21.1. The van der Waals surface area contributed by atoms with Crippen molar-refractivity contribution in [2.24, 2.45) is 0 Å². The number of furan rings is 1. The maximum Gasteiger partial charge on any atom is 0.207 e. The third kappa shape index (κ3) is 6.24. The first-order valence-corrected chi connectivity index (χ1v) is 22.6. The number of aromatic nitrogens is 3. The Bertz CT molecular complexity index is 3730. The fourth-order valence-corrected chi connectivity index (χ4v) is 10.8. The Hall–Kier alpha value is -8.26. The molecule has 2 aromatic heterocycles. The molecule has 0 radical (unpaired) electrons. The second kappa shape index (κ2) is 15.0. The van der Waals surface area contributed by atoms with Crippen LogP contribution in [0.1, 0.15) is 0 Å². The molecule has 12 rings (SSSR count). The second-order valence-corrected chi connectivity index (χ2v) is 17.8. The van der Waals surface area contributed by atoms with Crippen molar-refractivity contribution < 1.29 is 12.8 Å². The minimum absolute atomic E-state index is 0.175. The van der Waals surface area contributed by atoms with Gasteiger partial charge in [-0.1, -0.05) is 182 Å². The summed E-state index contributed by atoms with van der Waals surface area (Å²) in [6.07, 6.45) is 0. The van der Waals surface area contributed by atoms with E-state index < -0.39 is 9.84 Å². The Balaban J connectivity index is 1.15. The topological polar surface area (TPSA) is 86.0 Å². The molecule has 0 unspecified atom stereocenters. The Labute approximate surface area is 369 Å². The highest BCUT2D eigenvalue weighted by atomic mass is 32.2. The van der Waals surface area contributed by atoms with Gasteiger partial charge < -0.3 is 4.42 Å². The lowest BCUT2D eigenvalue weighted by Gasteiger charge is -2.18. The zero-order valence-corrected chi connectivity index (χ0v) is 35.0. The second-order valence-electron chi connectivity index (χ2n) is 15.9. The van der Waals surface area contributed by atoms with Gasteiger partial charge in [0.25, 0.3) is 0 Å². The minimum atomic E-state index is -4.20. The van der Waals surface area contributed by atoms with Crippen LogP contribution in [0.4, 0.5) is 0 Å². The van der Waals surface area contributed by atoms with E-state index in [-0.39, 0.29) is 9.79 Å². The molecule has 0 amide bonds. The molecule has 0 fully saturated rings. The van der Waals surface area contributed by atoms with Crippen molar-refractivity contribution in [3.8, 4) is 89.8 Å². The summed E-state index contributed by atoms with van der Waals surface area (Å²) in [7, 11) is -4.20. The molecule has 0 bridgehead atoms. The van der Waals surface area contributed by atoms with Crippen molar-refractivity contribution in [2.45, 2.75) is 9.79 Å². The predicted molar refractivity (Wildman–Crippen MR) is 256 cm³/mol. The van der Waals surface area contributed by atoms with Crippen LogP contribution in [0, 0.1) is 0 Å². The average Bonchev–Trinajstić information content (AvgIpc) is 3.73. The van der Waals surface area contributed by atoms with Crippen molar-refractivity contribution in [2.75, 3.05) is 0 Å². The van der Waals surface area contributed by atoms with Gasteiger partial charge in [0.2, 0.25) is 9.84 Å². The molecular formula is C57H35N3O3S. The number of fused-ring (bicyclic) bond motifs is 12. The SMILES string of the molecule is O=S1(=O)c2ccccc2-c2ccccc2-c2ccccc2-c2ccc(-c3nc(-c4ccccc4)nc(-c4ccc(-c5ccccc5)cc4)n3)cc2-c2cc3oc4ccccc4c3cc21. The maximum absolute atomic E-state index is 15.6. The van der Waals surface area contributed by atoms with Crippen molar-refractivity contribution in [1.82, 2.24) is 15.0 Å². The molecule has 1 aliphatic heterocycles. The lowest BCUT2D eigenvalue weighted by molar-refractivity contribution is 0.596. The predicted octanol–water partition coefficient (Wildman–Crippen LogP) is 14.3. The van der Waals surface area contributed by atoms with Gasteiger partial charge in [-0.15, -0.1) is 0 Å². The van der Waals surface area contributed by atoms with Crippen molar-refractivity contribution in [1.29, 1.82) is 0 Å². The van der Waals surface area contributed by atoms with Gasteiger partial charge in [0.15, 0.2) is 17.5 Å². The Morgan fingerprint density at radius 1 is 0.297 bits per heavy atom. The molecule has 0 N–H and O–H groups in total. The van der Waals surface area contributed by atoms with Crippen molar-refractivity contribution in [3.05, 3.63) is 212 Å². The summed E-state index contributed by atoms with van der Waals surface area (Å²) in [5.41, 5.74) is 12.2. The molecule has 64 heavy (non-hydrogen) atoms. The van der Waals surface area contributed by atoms with Crippen LogP contribution in [-0.2, 0) is 9.84 Å². The molecule has 3 heterocycles. The third-order valence-electron chi connectivity index (χ3n) is 12.2. The van der Waals surface area contributed by atoms with E-state index in [4.69, 9.17) is 19.4 Å². The molecule has 0 saturated heterocycles. The van der Waals surface area contributed by atoms with E-state index >= 15 is 8.42 Å². The van der Waals surface area contributed by atoms with Gasteiger partial charge in [-0.2, -0.15) is 0 Å². The summed E-state index contributed by atoms with van der Waals surface area (Å²) in [6, 6.07) is 69.6. The summed E-state index contributed by atoms with van der Waals surface area (Å²) < 4.78 is 37.8. The normalized spacial score (nSPS) is 12.6. The van der Waals surface area contributed by atoms with E-state index in [2.05, 4.69) is 48.5 Å². The standard InChI is InChI=1S/C57H35N3O3S/c61-64(62)53-26-14-12-24-47(53)44-22-10-9-20-42(44)41-19-7-8-21-43(41)45-32-31-40(33-48(45)50-34-52-49(35-54(50)64)46-23-11-13-25-51(46)63-52)57-59-55(38-17-5-2-6-18-38)58-56(60-57)39-29-27-37(28-30-39)36-15-3-1-4-16-36/h1-35H. The van der Waals surface area contributed by atoms with E-state index in [9.17, 15) is 0 Å². The fourth-order valence-electron chi connectivity index (χ4n) is 9.07. The number of benzene rings is 9. The Kier molecular flexibility index (Phi) is 8.77. The molecule has 6 nitrogen and oxygen atoms in total. The lowest BCUT2D eigenvalue weighted by Crippen LogP contribution is -2.06. The summed E-state index contributed by atoms with van der Waals surface area (Å²) in [5, 5.41) is 1.56. The summed E-state index contributed by atoms with van der Waals surface area (Å²) in [6.45, 7) is 0. The quantitative estimate of drug-likeness (QED) is 0.175. The molecule has 1 aliphatic rings. The Morgan fingerprint density at radius 3 is 1.41 bits per heavy atom. The van der Waals surface area contributed by atoms with E-state index in [1.807, 2.05) is 146 Å². The van der Waals surface area contributed by atoms with Crippen LogP contribution in [0.15, 0.2) is 227 Å². The number of nitrogens with zero attached hydrogens (tertiary/aromatic N) is 3. The summed E-state index contributed by atoms with van der Waals surface area (Å²) in [4.78, 5) is 15.7. The molecule has 0 aliphatic carbocycles. The molecule has 0 atom stereocenters. The van der Waals surface area contributed by atoms with Crippen LogP contribution in [-0.4, -0.2) is 23.4 Å². The third-order valence-corrected chi connectivity index (χ3v) is 14.0. The zero-order chi connectivity index (χ0) is 42.8. The average molecular weight is 842 g/mol. The highest BCUT2D eigenvalue weighted by molar-refractivity contribution is 7.91. The molecular weight excluding hydrogens is 807 g/mol. The number of hydrogen-bond acceptors (Lipinski definition) is 6. The van der Waals surface area contributed by atoms with Crippen LogP contribution in [0.5, 0.6) is 0 Å². The van der Waals surface area contributed by atoms with Crippen LogP contribution >= 0.6 is 0 Å². The van der Waals surface area contributed by atoms with Gasteiger partial charge in [0.05, 0.1) is 9.79 Å². The molecule has 11 aromatic rings. The number of sulfone groups is 1. The molecule has 302 valence electrons. The molecule has 7 heteroatoms. The van der Waals surface area contributed by atoms with Crippen LogP contribution in [0.3, 0.4) is 0 Å². The van der Waals surface area contributed by atoms with Crippen LogP contribution in [0.2, 0.25) is 0 Å². The maximum atomic E-state index is 15.6. The van der Waals surface area contributed by atoms with E-state index in [1.54, 1.807) is 18.2 Å². The van der Waals surface area contributed by atoms with Gasteiger partial charge in [0.1, 0.15) is 11.2 Å². The van der Waals surface area contributed by atoms with Gasteiger partial charge in [-0.05, 0) is 74.8 Å². The number of hydrogen-bond donors (Lipinski definition) is 0. The first-order chi connectivity index (χ1) is 31.5. The number of para-hydroxylation sites is 1. The van der Waals surface area contributed by atoms with Gasteiger partial charge >= 0.3 is 0 Å². The fraction of sp³-hybridized carbons (Fsp3) is 0. The van der Waals surface area contributed by atoms with E-state index in [0.717, 1.165) is 60.8 Å². The largest absolute Gasteiger partial charge is 0.456 e. The summed E-state index contributed by atoms with van der Waals surface area (Å²) >= 11 is 0. The lowest BCUT2D eigenvalue weighted by atomic mass is 9.86. The highest BCUT2D eigenvalue weighted by Gasteiger charge is 2.31. The van der Waals surface area contributed by atoms with E-state index in [1.165, 1.54) is 0 Å². The zero-order valence-electron chi connectivity index (χ0n) is 34.2. The van der Waals surface area contributed by atoms with Crippen LogP contribution < -0.4 is 0 Å². The van der Waals surface area contributed by atoms with Crippen molar-refractivity contribution >= 4 is 31.8 Å². The molecule has 0 spiro atoms. The molecule has 0 saturated carbocycles. The van der Waals surface area contributed by atoms with E-state index in [0.29, 0.717) is 50.9 Å². The summed E-state index contributed by atoms with van der Waals surface area (Å²) in [5.74, 6) is 1.49. The highest BCUT2D eigenvalue weighted by Crippen LogP contribution is 2.49. The Morgan fingerprint density at radius 2 is 0.750 bits per heavy atom. The number of rotatable bonds is 4. The van der Waals surface area contributed by atoms with Crippen molar-refractivity contribution in [3.63, 3.8) is 0 Å². The smallest absolute Gasteiger partial charge is 0.207 e. The molecule has 9 aromatic carbocycles.